The lowest BCUT2D eigenvalue weighted by molar-refractivity contribution is -0.119. The van der Waals surface area contributed by atoms with Crippen LogP contribution in [-0.4, -0.2) is 24.3 Å². The van der Waals surface area contributed by atoms with Gasteiger partial charge in [-0.15, -0.1) is 11.3 Å². The fourth-order valence-corrected chi connectivity index (χ4v) is 4.03. The number of amides is 1. The summed E-state index contributed by atoms with van der Waals surface area (Å²) in [6.07, 6.45) is 1.90. The third kappa shape index (κ3) is 5.21. The van der Waals surface area contributed by atoms with Gasteiger partial charge in [0, 0.05) is 16.0 Å². The van der Waals surface area contributed by atoms with Crippen LogP contribution < -0.4 is 5.32 Å². The standard InChI is InChI=1S/C24H23NO4S/c1-3-9-18-14-21(30-16(18)2)24(28)29-15-22(26)25-20-13-8-7-12-19(20)23(27)17-10-5-4-6-11-17/h4-8,10-14H,3,9,15H2,1-2H3,(H,25,26). The molecular formula is C24H23NO4S. The van der Waals surface area contributed by atoms with Crippen LogP contribution in [0.25, 0.3) is 0 Å². The molecule has 1 N–H and O–H groups in total. The Kier molecular flexibility index (Phi) is 7.14. The van der Waals surface area contributed by atoms with E-state index in [0.717, 1.165) is 23.3 Å². The highest BCUT2D eigenvalue weighted by Gasteiger charge is 2.17. The number of carbonyl (C=O) groups excluding carboxylic acids is 3. The van der Waals surface area contributed by atoms with Gasteiger partial charge in [0.25, 0.3) is 5.91 Å². The minimum Gasteiger partial charge on any atom is -0.451 e. The summed E-state index contributed by atoms with van der Waals surface area (Å²) in [7, 11) is 0. The third-order valence-corrected chi connectivity index (χ3v) is 5.63. The first-order valence-corrected chi connectivity index (χ1v) is 10.6. The van der Waals surface area contributed by atoms with Gasteiger partial charge in [0.1, 0.15) is 4.88 Å². The van der Waals surface area contributed by atoms with Crippen molar-refractivity contribution < 1.29 is 19.1 Å². The lowest BCUT2D eigenvalue weighted by atomic mass is 10.0. The predicted octanol–water partition coefficient (Wildman–Crippen LogP) is 5.04. The normalized spacial score (nSPS) is 10.5. The monoisotopic (exact) mass is 421 g/mol. The Balaban J connectivity index is 1.64. The van der Waals surface area contributed by atoms with Crippen LogP contribution in [0.15, 0.2) is 60.7 Å². The van der Waals surface area contributed by atoms with Gasteiger partial charge in [-0.3, -0.25) is 9.59 Å². The highest BCUT2D eigenvalue weighted by molar-refractivity contribution is 7.14. The highest BCUT2D eigenvalue weighted by atomic mass is 32.1. The Morgan fingerprint density at radius 1 is 1.00 bits per heavy atom. The van der Waals surface area contributed by atoms with E-state index in [2.05, 4.69) is 12.2 Å². The summed E-state index contributed by atoms with van der Waals surface area (Å²) in [5.74, 6) is -1.21. The molecule has 3 rings (SSSR count). The van der Waals surface area contributed by atoms with Gasteiger partial charge in [-0.05, 0) is 37.1 Å². The number of ketones is 1. The summed E-state index contributed by atoms with van der Waals surface area (Å²) < 4.78 is 5.17. The van der Waals surface area contributed by atoms with Crippen molar-refractivity contribution >= 4 is 34.7 Å². The van der Waals surface area contributed by atoms with Crippen molar-refractivity contribution in [3.8, 4) is 0 Å². The molecule has 0 radical (unpaired) electrons. The lowest BCUT2D eigenvalue weighted by Gasteiger charge is -2.10. The minimum absolute atomic E-state index is 0.194. The molecule has 1 amide bonds. The van der Waals surface area contributed by atoms with E-state index < -0.39 is 18.5 Å². The zero-order valence-corrected chi connectivity index (χ0v) is 17.8. The quantitative estimate of drug-likeness (QED) is 0.409. The first-order valence-electron chi connectivity index (χ1n) is 9.74. The van der Waals surface area contributed by atoms with Crippen molar-refractivity contribution in [1.82, 2.24) is 0 Å². The van der Waals surface area contributed by atoms with E-state index in [0.29, 0.717) is 21.7 Å². The average Bonchev–Trinajstić information content (AvgIpc) is 3.13. The van der Waals surface area contributed by atoms with Crippen molar-refractivity contribution in [3.63, 3.8) is 0 Å². The van der Waals surface area contributed by atoms with Gasteiger partial charge in [0.15, 0.2) is 12.4 Å². The minimum atomic E-state index is -0.519. The van der Waals surface area contributed by atoms with Gasteiger partial charge in [0.05, 0.1) is 5.69 Å². The van der Waals surface area contributed by atoms with E-state index in [1.54, 1.807) is 48.5 Å². The molecular weight excluding hydrogens is 398 g/mol. The summed E-state index contributed by atoms with van der Waals surface area (Å²) >= 11 is 1.37. The number of benzene rings is 2. The Morgan fingerprint density at radius 3 is 2.43 bits per heavy atom. The molecule has 3 aromatic rings. The number of ether oxygens (including phenoxy) is 1. The fraction of sp³-hybridized carbons (Fsp3) is 0.208. The zero-order valence-electron chi connectivity index (χ0n) is 16.9. The largest absolute Gasteiger partial charge is 0.451 e. The van der Waals surface area contributed by atoms with E-state index in [1.807, 2.05) is 19.1 Å². The molecule has 0 bridgehead atoms. The molecule has 0 aliphatic carbocycles. The van der Waals surface area contributed by atoms with Crippen LogP contribution in [0.2, 0.25) is 0 Å². The van der Waals surface area contributed by atoms with E-state index in [-0.39, 0.29) is 5.78 Å². The van der Waals surface area contributed by atoms with Crippen LogP contribution >= 0.6 is 11.3 Å². The van der Waals surface area contributed by atoms with Crippen LogP contribution in [0, 0.1) is 6.92 Å². The molecule has 0 fully saturated rings. The number of carbonyl (C=O) groups is 3. The second kappa shape index (κ2) is 9.98. The number of rotatable bonds is 8. The molecule has 1 aromatic heterocycles. The van der Waals surface area contributed by atoms with E-state index in [4.69, 9.17) is 4.74 Å². The number of hydrogen-bond donors (Lipinski definition) is 1. The molecule has 154 valence electrons. The van der Waals surface area contributed by atoms with Crippen LogP contribution in [0.3, 0.4) is 0 Å². The number of hydrogen-bond acceptors (Lipinski definition) is 5. The molecule has 30 heavy (non-hydrogen) atoms. The van der Waals surface area contributed by atoms with Crippen LogP contribution in [0.1, 0.15) is 49.4 Å². The summed E-state index contributed by atoms with van der Waals surface area (Å²) in [4.78, 5) is 38.9. The first kappa shape index (κ1) is 21.5. The Hall–Kier alpha value is -3.25. The molecule has 1 heterocycles. The molecule has 5 nitrogen and oxygen atoms in total. The maximum atomic E-state index is 12.8. The number of esters is 1. The van der Waals surface area contributed by atoms with Crippen molar-refractivity contribution in [1.29, 1.82) is 0 Å². The Morgan fingerprint density at radius 2 is 1.70 bits per heavy atom. The molecule has 0 aliphatic rings. The molecule has 0 aliphatic heterocycles. The Labute approximate surface area is 179 Å². The van der Waals surface area contributed by atoms with Gasteiger partial charge >= 0.3 is 5.97 Å². The van der Waals surface area contributed by atoms with Crippen LogP contribution in [0.4, 0.5) is 5.69 Å². The fourth-order valence-electron chi connectivity index (χ4n) is 3.06. The topological polar surface area (TPSA) is 72.5 Å². The second-order valence-corrected chi connectivity index (χ2v) is 8.06. The summed E-state index contributed by atoms with van der Waals surface area (Å²) in [6, 6.07) is 17.4. The van der Waals surface area contributed by atoms with Gasteiger partial charge in [-0.1, -0.05) is 55.8 Å². The lowest BCUT2D eigenvalue weighted by Crippen LogP contribution is -2.22. The van der Waals surface area contributed by atoms with Gasteiger partial charge < -0.3 is 10.1 Å². The number of anilines is 1. The number of para-hydroxylation sites is 1. The molecule has 0 saturated heterocycles. The van der Waals surface area contributed by atoms with Crippen molar-refractivity contribution in [2.24, 2.45) is 0 Å². The highest BCUT2D eigenvalue weighted by Crippen LogP contribution is 2.24. The average molecular weight is 422 g/mol. The third-order valence-electron chi connectivity index (χ3n) is 4.56. The number of thiophene rings is 1. The number of aryl methyl sites for hydroxylation is 2. The van der Waals surface area contributed by atoms with Crippen molar-refractivity contribution in [2.45, 2.75) is 26.7 Å². The Bertz CT molecular complexity index is 1060. The summed E-state index contributed by atoms with van der Waals surface area (Å²) in [5, 5.41) is 2.67. The van der Waals surface area contributed by atoms with E-state index >= 15 is 0 Å². The molecule has 6 heteroatoms. The maximum absolute atomic E-state index is 12.8. The van der Waals surface area contributed by atoms with Crippen LogP contribution in [0.5, 0.6) is 0 Å². The van der Waals surface area contributed by atoms with E-state index in [1.165, 1.54) is 11.3 Å². The molecule has 0 atom stereocenters. The molecule has 0 saturated carbocycles. The maximum Gasteiger partial charge on any atom is 0.348 e. The van der Waals surface area contributed by atoms with Crippen molar-refractivity contribution in [2.75, 3.05) is 11.9 Å². The number of nitrogens with one attached hydrogen (secondary N) is 1. The smallest absolute Gasteiger partial charge is 0.348 e. The molecule has 0 unspecified atom stereocenters. The van der Waals surface area contributed by atoms with Gasteiger partial charge in [-0.2, -0.15) is 0 Å². The summed E-state index contributed by atoms with van der Waals surface area (Å²) in [6.45, 7) is 3.63. The van der Waals surface area contributed by atoms with E-state index in [9.17, 15) is 14.4 Å². The zero-order chi connectivity index (χ0) is 21.5. The molecule has 2 aromatic carbocycles. The van der Waals surface area contributed by atoms with Crippen molar-refractivity contribution in [3.05, 3.63) is 87.1 Å². The SMILES string of the molecule is CCCc1cc(C(=O)OCC(=O)Nc2ccccc2C(=O)c2ccccc2)sc1C. The second-order valence-electron chi connectivity index (χ2n) is 6.81. The summed E-state index contributed by atoms with van der Waals surface area (Å²) in [5.41, 5.74) is 2.42. The predicted molar refractivity (Wildman–Crippen MR) is 118 cm³/mol. The first-order chi connectivity index (χ1) is 14.5. The van der Waals surface area contributed by atoms with Crippen LogP contribution in [-0.2, 0) is 16.0 Å². The van der Waals surface area contributed by atoms with Gasteiger partial charge in [0.2, 0.25) is 0 Å². The van der Waals surface area contributed by atoms with Gasteiger partial charge in [-0.25, -0.2) is 4.79 Å². The molecule has 0 spiro atoms.